The van der Waals surface area contributed by atoms with Crippen LogP contribution in [0.15, 0.2) is 82.4 Å². The van der Waals surface area contributed by atoms with Gasteiger partial charge in [0.2, 0.25) is 11.7 Å². The molecule has 2 heterocycles. The zero-order valence-electron chi connectivity index (χ0n) is 20.5. The van der Waals surface area contributed by atoms with Crippen molar-refractivity contribution in [1.29, 1.82) is 0 Å². The van der Waals surface area contributed by atoms with Crippen LogP contribution < -0.4 is 10.1 Å². The minimum atomic E-state index is -1.03. The first-order valence-corrected chi connectivity index (χ1v) is 12.6. The molecule has 0 spiro atoms. The van der Waals surface area contributed by atoms with E-state index >= 15 is 0 Å². The van der Waals surface area contributed by atoms with Gasteiger partial charge >= 0.3 is 5.97 Å². The standard InChI is InChI=1S/C28H27N3O5S/c1-18(16-24(32)27-29-13-15-37-27)30-23(28(33)34)17-21-10-6-7-11-25(21)35-14-12-22-19(2)36-26(31-22)20-8-4-3-5-9-20/h3-11,13,15-16,23,30H,12,14,17H2,1-2H3,(H,33,34)/b18-16-/t23-/m0/s1. The van der Waals surface area contributed by atoms with Crippen LogP contribution >= 0.6 is 11.3 Å². The number of aliphatic carboxylic acids is 1. The Balaban J connectivity index is 1.39. The van der Waals surface area contributed by atoms with Crippen LogP contribution in [0, 0.1) is 6.92 Å². The highest BCUT2D eigenvalue weighted by Gasteiger charge is 2.21. The summed E-state index contributed by atoms with van der Waals surface area (Å²) >= 11 is 1.23. The van der Waals surface area contributed by atoms with E-state index in [0.29, 0.717) is 35.4 Å². The van der Waals surface area contributed by atoms with Crippen molar-refractivity contribution in [1.82, 2.24) is 15.3 Å². The Hall–Kier alpha value is -4.24. The summed E-state index contributed by atoms with van der Waals surface area (Å²) in [6.45, 7) is 3.89. The third-order valence-electron chi connectivity index (χ3n) is 5.60. The Bertz CT molecular complexity index is 1380. The van der Waals surface area contributed by atoms with Gasteiger partial charge in [0.05, 0.1) is 12.3 Å². The highest BCUT2D eigenvalue weighted by molar-refractivity contribution is 7.11. The molecule has 0 amide bonds. The van der Waals surface area contributed by atoms with E-state index in [-0.39, 0.29) is 12.2 Å². The third-order valence-corrected chi connectivity index (χ3v) is 6.38. The van der Waals surface area contributed by atoms with E-state index in [1.807, 2.05) is 61.5 Å². The summed E-state index contributed by atoms with van der Waals surface area (Å²) in [5.74, 6) is 0.601. The van der Waals surface area contributed by atoms with Gasteiger partial charge in [0.1, 0.15) is 17.6 Å². The predicted molar refractivity (Wildman–Crippen MR) is 141 cm³/mol. The second kappa shape index (κ2) is 12.1. The van der Waals surface area contributed by atoms with Crippen molar-refractivity contribution in [2.45, 2.75) is 32.7 Å². The van der Waals surface area contributed by atoms with Gasteiger partial charge in [0.15, 0.2) is 5.01 Å². The number of oxazole rings is 1. The van der Waals surface area contributed by atoms with Crippen LogP contribution in [-0.4, -0.2) is 39.5 Å². The number of benzene rings is 2. The summed E-state index contributed by atoms with van der Waals surface area (Å²) in [5, 5.41) is 14.8. The number of nitrogens with one attached hydrogen (secondary N) is 1. The normalized spacial score (nSPS) is 12.2. The van der Waals surface area contributed by atoms with Gasteiger partial charge in [0.25, 0.3) is 0 Å². The summed E-state index contributed by atoms with van der Waals surface area (Å²) in [6.07, 6.45) is 3.62. The lowest BCUT2D eigenvalue weighted by Crippen LogP contribution is -2.37. The molecule has 0 aliphatic heterocycles. The van der Waals surface area contributed by atoms with Crippen LogP contribution in [0.1, 0.15) is 33.7 Å². The highest BCUT2D eigenvalue weighted by atomic mass is 32.1. The molecule has 2 N–H and O–H groups in total. The van der Waals surface area contributed by atoms with Crippen LogP contribution in [-0.2, 0) is 17.6 Å². The second-order valence-electron chi connectivity index (χ2n) is 8.36. The second-order valence-corrected chi connectivity index (χ2v) is 9.26. The van der Waals surface area contributed by atoms with Crippen molar-refractivity contribution in [3.05, 3.63) is 100.0 Å². The Morgan fingerprint density at radius 2 is 1.92 bits per heavy atom. The van der Waals surface area contributed by atoms with Crippen molar-refractivity contribution in [3.63, 3.8) is 0 Å². The molecule has 2 aromatic heterocycles. The molecule has 2 aromatic carbocycles. The maximum atomic E-state index is 12.3. The van der Waals surface area contributed by atoms with Crippen LogP contribution in [0.3, 0.4) is 0 Å². The molecule has 4 rings (SSSR count). The quantitative estimate of drug-likeness (QED) is 0.197. The van der Waals surface area contributed by atoms with E-state index in [4.69, 9.17) is 9.15 Å². The molecule has 0 aliphatic rings. The number of hydrogen-bond acceptors (Lipinski definition) is 8. The van der Waals surface area contributed by atoms with Crippen molar-refractivity contribution in [3.8, 4) is 17.2 Å². The topological polar surface area (TPSA) is 115 Å². The van der Waals surface area contributed by atoms with Crippen LogP contribution in [0.2, 0.25) is 0 Å². The average Bonchev–Trinajstić information content (AvgIpc) is 3.56. The monoisotopic (exact) mass is 517 g/mol. The van der Waals surface area contributed by atoms with Crippen molar-refractivity contribution >= 4 is 23.1 Å². The fraction of sp³-hybridized carbons (Fsp3) is 0.214. The maximum Gasteiger partial charge on any atom is 0.326 e. The van der Waals surface area contributed by atoms with Gasteiger partial charge in [-0.1, -0.05) is 36.4 Å². The zero-order chi connectivity index (χ0) is 26.2. The van der Waals surface area contributed by atoms with E-state index in [1.54, 1.807) is 18.5 Å². The molecule has 9 heteroatoms. The van der Waals surface area contributed by atoms with E-state index in [0.717, 1.165) is 22.6 Å². The van der Waals surface area contributed by atoms with Gasteiger partial charge in [-0.2, -0.15) is 0 Å². The molecule has 0 saturated carbocycles. The SMILES string of the molecule is C/C(=C/C(=O)c1nccs1)N[C@@H](Cc1ccccc1OCCc1nc(-c2ccccc2)oc1C)C(=O)O. The number of allylic oxidation sites excluding steroid dienone is 2. The van der Waals surface area contributed by atoms with Gasteiger partial charge < -0.3 is 19.6 Å². The van der Waals surface area contributed by atoms with Crippen molar-refractivity contribution in [2.75, 3.05) is 6.61 Å². The number of carboxylic acid groups (broad SMARTS) is 1. The fourth-order valence-electron chi connectivity index (χ4n) is 3.78. The number of carbonyl (C=O) groups is 2. The first-order chi connectivity index (χ1) is 17.9. The molecule has 0 unspecified atom stereocenters. The average molecular weight is 518 g/mol. The molecule has 37 heavy (non-hydrogen) atoms. The first-order valence-electron chi connectivity index (χ1n) is 11.7. The molecule has 0 fully saturated rings. The number of ketones is 1. The number of aryl methyl sites for hydroxylation is 1. The summed E-state index contributed by atoms with van der Waals surface area (Å²) in [6, 6.07) is 16.1. The number of hydrogen-bond donors (Lipinski definition) is 2. The first kappa shape index (κ1) is 25.8. The number of rotatable bonds is 12. The summed E-state index contributed by atoms with van der Waals surface area (Å²) in [5.41, 5.74) is 2.91. The molecule has 0 saturated heterocycles. The summed E-state index contributed by atoms with van der Waals surface area (Å²) in [4.78, 5) is 32.8. The largest absolute Gasteiger partial charge is 0.493 e. The molecule has 8 nitrogen and oxygen atoms in total. The Labute approximate surface area is 218 Å². The molecule has 190 valence electrons. The molecule has 4 aromatic rings. The smallest absolute Gasteiger partial charge is 0.326 e. The van der Waals surface area contributed by atoms with Gasteiger partial charge in [-0.05, 0) is 37.6 Å². The zero-order valence-corrected chi connectivity index (χ0v) is 21.3. The number of ether oxygens (including phenoxy) is 1. The number of carbonyl (C=O) groups excluding carboxylic acids is 1. The molecular formula is C28H27N3O5S. The van der Waals surface area contributed by atoms with Crippen molar-refractivity contribution in [2.24, 2.45) is 0 Å². The predicted octanol–water partition coefficient (Wildman–Crippen LogP) is 5.10. The third kappa shape index (κ3) is 6.92. The lowest BCUT2D eigenvalue weighted by molar-refractivity contribution is -0.139. The molecule has 1 atom stereocenters. The van der Waals surface area contributed by atoms with Gasteiger partial charge in [-0.3, -0.25) is 4.79 Å². The number of thiazole rings is 1. The summed E-state index contributed by atoms with van der Waals surface area (Å²) in [7, 11) is 0. The lowest BCUT2D eigenvalue weighted by atomic mass is 10.0. The summed E-state index contributed by atoms with van der Waals surface area (Å²) < 4.78 is 11.9. The Morgan fingerprint density at radius 3 is 2.65 bits per heavy atom. The van der Waals surface area contributed by atoms with Gasteiger partial charge in [-0.25, -0.2) is 14.8 Å². The maximum absolute atomic E-state index is 12.3. The minimum Gasteiger partial charge on any atom is -0.493 e. The van der Waals surface area contributed by atoms with Crippen molar-refractivity contribution < 1.29 is 23.8 Å². The minimum absolute atomic E-state index is 0.170. The molecule has 0 bridgehead atoms. The number of aromatic nitrogens is 2. The Kier molecular flexibility index (Phi) is 8.48. The number of para-hydroxylation sites is 1. The van der Waals surface area contributed by atoms with E-state index in [2.05, 4.69) is 15.3 Å². The van der Waals surface area contributed by atoms with Gasteiger partial charge in [-0.15, -0.1) is 11.3 Å². The molecule has 0 radical (unpaired) electrons. The van der Waals surface area contributed by atoms with E-state index in [9.17, 15) is 14.7 Å². The fourth-order valence-corrected chi connectivity index (χ4v) is 4.32. The number of carboxylic acids is 1. The van der Waals surface area contributed by atoms with E-state index < -0.39 is 12.0 Å². The van der Waals surface area contributed by atoms with Crippen LogP contribution in [0.25, 0.3) is 11.5 Å². The van der Waals surface area contributed by atoms with Gasteiger partial charge in [0, 0.05) is 41.8 Å². The van der Waals surface area contributed by atoms with Crippen LogP contribution in [0.5, 0.6) is 5.75 Å². The highest BCUT2D eigenvalue weighted by Crippen LogP contribution is 2.23. The molecular weight excluding hydrogens is 490 g/mol. The Morgan fingerprint density at radius 1 is 1.16 bits per heavy atom. The lowest BCUT2D eigenvalue weighted by Gasteiger charge is -2.18. The molecule has 0 aliphatic carbocycles. The van der Waals surface area contributed by atoms with Crippen LogP contribution in [0.4, 0.5) is 0 Å². The number of nitrogens with zero attached hydrogens (tertiary/aromatic N) is 2. The van der Waals surface area contributed by atoms with E-state index in [1.165, 1.54) is 17.4 Å².